The van der Waals surface area contributed by atoms with Crippen molar-refractivity contribution < 1.29 is 9.59 Å². The number of hydrogen-bond donors (Lipinski definition) is 4. The highest BCUT2D eigenvalue weighted by Gasteiger charge is 2.20. The second-order valence-corrected chi connectivity index (χ2v) is 6.73. The third kappa shape index (κ3) is 5.84. The number of anilines is 2. The van der Waals surface area contributed by atoms with Crippen LogP contribution in [0.4, 0.5) is 15.5 Å². The average molecular weight is 369 g/mol. The summed E-state index contributed by atoms with van der Waals surface area (Å²) in [5, 5.41) is 8.86. The number of para-hydroxylation sites is 1. The molecule has 0 spiro atoms. The van der Waals surface area contributed by atoms with Gasteiger partial charge < -0.3 is 16.4 Å². The van der Waals surface area contributed by atoms with Crippen LogP contribution in [0.3, 0.4) is 0 Å². The molecule has 1 aromatic heterocycles. The molecule has 1 heterocycles. The van der Waals surface area contributed by atoms with Crippen molar-refractivity contribution in [2.45, 2.75) is 19.4 Å². The number of thiophene rings is 1. The zero-order valence-corrected chi connectivity index (χ0v) is 15.1. The Kier molecular flexibility index (Phi) is 7.21. The Labute approximate surface area is 151 Å². The molecule has 0 saturated heterocycles. The third-order valence-corrected chi connectivity index (χ3v) is 4.06. The van der Waals surface area contributed by atoms with Gasteiger partial charge in [0.2, 0.25) is 0 Å². The van der Waals surface area contributed by atoms with Gasteiger partial charge in [0.05, 0.1) is 9.88 Å². The molecule has 3 amide bonds. The summed E-state index contributed by atoms with van der Waals surface area (Å²) in [6, 6.07) is 12.1. The molecule has 0 radical (unpaired) electrons. The molecule has 0 aliphatic heterocycles. The van der Waals surface area contributed by atoms with Gasteiger partial charge in [-0.15, -0.1) is 23.7 Å². The molecule has 0 aliphatic carbocycles. The van der Waals surface area contributed by atoms with Crippen LogP contribution in [0.2, 0.25) is 0 Å². The van der Waals surface area contributed by atoms with E-state index in [2.05, 4.69) is 16.0 Å². The number of benzene rings is 1. The third-order valence-electron chi connectivity index (χ3n) is 3.06. The summed E-state index contributed by atoms with van der Waals surface area (Å²) < 4.78 is 0. The van der Waals surface area contributed by atoms with Crippen LogP contribution in [-0.2, 0) is 0 Å². The van der Waals surface area contributed by atoms with Crippen LogP contribution >= 0.6 is 23.7 Å². The Morgan fingerprint density at radius 1 is 1.08 bits per heavy atom. The molecule has 2 aromatic rings. The highest BCUT2D eigenvalue weighted by atomic mass is 35.5. The molecule has 0 bridgehead atoms. The van der Waals surface area contributed by atoms with Crippen molar-refractivity contribution in [2.75, 3.05) is 17.2 Å². The van der Waals surface area contributed by atoms with Crippen LogP contribution in [0.25, 0.3) is 0 Å². The van der Waals surface area contributed by atoms with E-state index in [0.717, 1.165) is 0 Å². The Bertz CT molecular complexity index is 688. The zero-order valence-electron chi connectivity index (χ0n) is 13.5. The van der Waals surface area contributed by atoms with Gasteiger partial charge in [0.15, 0.2) is 0 Å². The van der Waals surface area contributed by atoms with E-state index in [4.69, 9.17) is 5.73 Å². The van der Waals surface area contributed by atoms with Crippen LogP contribution in [0, 0.1) is 0 Å². The molecule has 130 valence electrons. The van der Waals surface area contributed by atoms with E-state index in [0.29, 0.717) is 22.1 Å². The molecular weight excluding hydrogens is 348 g/mol. The zero-order chi connectivity index (χ0) is 16.9. The van der Waals surface area contributed by atoms with Gasteiger partial charge in [-0.1, -0.05) is 18.2 Å². The summed E-state index contributed by atoms with van der Waals surface area (Å²) in [7, 11) is 0. The largest absolute Gasteiger partial charge is 0.345 e. The van der Waals surface area contributed by atoms with E-state index in [1.54, 1.807) is 24.3 Å². The van der Waals surface area contributed by atoms with Gasteiger partial charge in [0.1, 0.15) is 0 Å². The molecule has 2 rings (SSSR count). The Hall–Kier alpha value is -2.09. The molecule has 5 N–H and O–H groups in total. The summed E-state index contributed by atoms with van der Waals surface area (Å²) in [4.78, 5) is 24.5. The van der Waals surface area contributed by atoms with E-state index < -0.39 is 5.54 Å². The minimum atomic E-state index is -0.473. The van der Waals surface area contributed by atoms with Gasteiger partial charge in [-0.25, -0.2) is 4.79 Å². The average Bonchev–Trinajstić information content (AvgIpc) is 2.96. The fraction of sp³-hybridized carbons (Fsp3) is 0.250. The molecule has 0 fully saturated rings. The quantitative estimate of drug-likeness (QED) is 0.652. The Morgan fingerprint density at radius 2 is 1.75 bits per heavy atom. The van der Waals surface area contributed by atoms with Gasteiger partial charge in [0, 0.05) is 17.8 Å². The molecule has 6 nitrogen and oxygen atoms in total. The molecule has 0 saturated carbocycles. The number of nitrogens with one attached hydrogen (secondary N) is 3. The van der Waals surface area contributed by atoms with Crippen molar-refractivity contribution in [3.8, 4) is 0 Å². The van der Waals surface area contributed by atoms with Gasteiger partial charge in [-0.3, -0.25) is 10.1 Å². The summed E-state index contributed by atoms with van der Waals surface area (Å²) in [5.74, 6) is -0.207. The number of hydrogen-bond acceptors (Lipinski definition) is 4. The van der Waals surface area contributed by atoms with Crippen molar-refractivity contribution in [1.29, 1.82) is 0 Å². The lowest BCUT2D eigenvalue weighted by molar-refractivity contribution is 0.0920. The van der Waals surface area contributed by atoms with E-state index in [-0.39, 0.29) is 24.3 Å². The van der Waals surface area contributed by atoms with Crippen LogP contribution < -0.4 is 21.7 Å². The van der Waals surface area contributed by atoms with Gasteiger partial charge >= 0.3 is 6.03 Å². The van der Waals surface area contributed by atoms with Crippen LogP contribution in [-0.4, -0.2) is 24.0 Å². The minimum absolute atomic E-state index is 0. The minimum Gasteiger partial charge on any atom is -0.345 e. The number of carbonyl (C=O) groups excluding carboxylic acids is 2. The van der Waals surface area contributed by atoms with E-state index in [1.165, 1.54) is 11.3 Å². The number of amides is 3. The van der Waals surface area contributed by atoms with Gasteiger partial charge in [-0.05, 0) is 38.1 Å². The highest BCUT2D eigenvalue weighted by molar-refractivity contribution is 7.18. The summed E-state index contributed by atoms with van der Waals surface area (Å²) in [6.07, 6.45) is 0. The van der Waals surface area contributed by atoms with E-state index in [1.807, 2.05) is 32.0 Å². The predicted octanol–water partition coefficient (Wildman–Crippen LogP) is 3.28. The van der Waals surface area contributed by atoms with Crippen molar-refractivity contribution in [3.05, 3.63) is 47.3 Å². The fourth-order valence-electron chi connectivity index (χ4n) is 1.74. The first-order valence-corrected chi connectivity index (χ1v) is 7.97. The summed E-state index contributed by atoms with van der Waals surface area (Å²) >= 11 is 1.21. The lowest BCUT2D eigenvalue weighted by atomic mass is 10.1. The fourth-order valence-corrected chi connectivity index (χ4v) is 2.54. The molecule has 1 aromatic carbocycles. The second kappa shape index (κ2) is 8.68. The number of rotatable bonds is 5. The predicted molar refractivity (Wildman–Crippen MR) is 101 cm³/mol. The molecule has 8 heteroatoms. The molecule has 24 heavy (non-hydrogen) atoms. The van der Waals surface area contributed by atoms with Crippen molar-refractivity contribution in [3.63, 3.8) is 0 Å². The number of carbonyl (C=O) groups is 2. The smallest absolute Gasteiger partial charge is 0.324 e. The Morgan fingerprint density at radius 3 is 2.38 bits per heavy atom. The van der Waals surface area contributed by atoms with E-state index in [9.17, 15) is 9.59 Å². The maximum Gasteiger partial charge on any atom is 0.324 e. The number of halogens is 1. The van der Waals surface area contributed by atoms with Crippen LogP contribution in [0.15, 0.2) is 42.5 Å². The number of urea groups is 1. The first kappa shape index (κ1) is 20.0. The number of nitrogens with two attached hydrogens (primary N) is 1. The lowest BCUT2D eigenvalue weighted by Gasteiger charge is -2.23. The van der Waals surface area contributed by atoms with Crippen LogP contribution in [0.5, 0.6) is 0 Å². The molecule has 0 aliphatic rings. The molecule has 0 unspecified atom stereocenters. The summed E-state index contributed by atoms with van der Waals surface area (Å²) in [5.41, 5.74) is 5.83. The topological polar surface area (TPSA) is 96.2 Å². The Balaban J connectivity index is 0.00000288. The molecule has 0 atom stereocenters. The highest BCUT2D eigenvalue weighted by Crippen LogP contribution is 2.22. The van der Waals surface area contributed by atoms with Crippen molar-refractivity contribution in [1.82, 2.24) is 5.32 Å². The van der Waals surface area contributed by atoms with Crippen molar-refractivity contribution >= 4 is 46.4 Å². The first-order chi connectivity index (χ1) is 10.9. The standard InChI is InChI=1S/C16H20N4O2S.ClH/c1-16(2,10-17)20-14(21)12-8-9-13(23-12)19-15(22)18-11-6-4-3-5-7-11;/h3-9H,10,17H2,1-2H3,(H,20,21)(H2,18,19,22);1H. The second-order valence-electron chi connectivity index (χ2n) is 5.65. The van der Waals surface area contributed by atoms with E-state index >= 15 is 0 Å². The van der Waals surface area contributed by atoms with Crippen molar-refractivity contribution in [2.24, 2.45) is 5.73 Å². The van der Waals surface area contributed by atoms with Gasteiger partial charge in [-0.2, -0.15) is 0 Å². The maximum atomic E-state index is 12.1. The lowest BCUT2D eigenvalue weighted by Crippen LogP contribution is -2.48. The summed E-state index contributed by atoms with van der Waals surface area (Å²) in [6.45, 7) is 4.05. The van der Waals surface area contributed by atoms with Gasteiger partial charge in [0.25, 0.3) is 5.91 Å². The molecular formula is C16H21ClN4O2S. The van der Waals surface area contributed by atoms with Crippen LogP contribution in [0.1, 0.15) is 23.5 Å². The monoisotopic (exact) mass is 368 g/mol. The maximum absolute atomic E-state index is 12.1. The SMILES string of the molecule is CC(C)(CN)NC(=O)c1ccc(NC(=O)Nc2ccccc2)s1.Cl. The first-order valence-electron chi connectivity index (χ1n) is 7.15. The normalized spacial score (nSPS) is 10.5.